The van der Waals surface area contributed by atoms with Gasteiger partial charge in [0.15, 0.2) is 0 Å². The summed E-state index contributed by atoms with van der Waals surface area (Å²) >= 11 is 0. The van der Waals surface area contributed by atoms with Crippen LogP contribution in [0.2, 0.25) is 0 Å². The van der Waals surface area contributed by atoms with E-state index < -0.39 is 0 Å². The van der Waals surface area contributed by atoms with Crippen molar-refractivity contribution in [2.45, 2.75) is 19.8 Å². The van der Waals surface area contributed by atoms with Crippen LogP contribution in [0.15, 0.2) is 65.9 Å². The molecular formula is C25H24N4O+2. The molecule has 1 amide bonds. The van der Waals surface area contributed by atoms with Gasteiger partial charge in [-0.25, -0.2) is 0 Å². The number of hydrogen-bond acceptors (Lipinski definition) is 2. The Labute approximate surface area is 176 Å². The van der Waals surface area contributed by atoms with Gasteiger partial charge in [0.05, 0.1) is 6.07 Å². The Morgan fingerprint density at radius 2 is 2.10 bits per heavy atom. The average molecular weight is 396 g/mol. The maximum atomic E-state index is 12.6. The Morgan fingerprint density at radius 3 is 2.87 bits per heavy atom. The molecule has 0 aromatic heterocycles. The van der Waals surface area contributed by atoms with Gasteiger partial charge in [-0.3, -0.25) is 4.79 Å². The lowest BCUT2D eigenvalue weighted by Gasteiger charge is -2.08. The normalized spacial score (nSPS) is 13.6. The highest BCUT2D eigenvalue weighted by Gasteiger charge is 2.19. The molecule has 5 heteroatoms. The third kappa shape index (κ3) is 4.10. The minimum Gasteiger partial charge on any atom is -0.377 e. The Hall–Kier alpha value is -3.87. The van der Waals surface area contributed by atoms with Crippen LogP contribution >= 0.6 is 0 Å². The second-order valence-corrected chi connectivity index (χ2v) is 7.47. The number of hydrogen-bond donors (Lipinski definition) is 1. The molecule has 2 aromatic rings. The topological polar surface area (TPSA) is 49.5 Å². The van der Waals surface area contributed by atoms with Crippen molar-refractivity contribution in [2.75, 3.05) is 19.0 Å². The minimum atomic E-state index is -0.122. The molecule has 1 heterocycles. The SMILES string of the molecule is CCC1=CC(NC(=O)c2cccc(C#C[N+]3=c4ccc(N(C)C)cc4=[N+]=C3)c2)=CC1. The molecule has 5 nitrogen and oxygen atoms in total. The Balaban J connectivity index is 1.55. The van der Waals surface area contributed by atoms with Gasteiger partial charge in [0.2, 0.25) is 6.04 Å². The molecule has 0 unspecified atom stereocenters. The van der Waals surface area contributed by atoms with Crippen LogP contribution in [0.3, 0.4) is 0 Å². The maximum absolute atomic E-state index is 12.6. The van der Waals surface area contributed by atoms with Gasteiger partial charge in [0.25, 0.3) is 5.91 Å². The summed E-state index contributed by atoms with van der Waals surface area (Å²) in [5.74, 6) is 3.02. The first-order valence-electron chi connectivity index (χ1n) is 10.0. The van der Waals surface area contributed by atoms with Crippen LogP contribution in [-0.4, -0.2) is 26.3 Å². The zero-order chi connectivity index (χ0) is 21.1. The molecule has 0 bridgehead atoms. The third-order valence-corrected chi connectivity index (χ3v) is 5.15. The fourth-order valence-electron chi connectivity index (χ4n) is 3.35. The van der Waals surface area contributed by atoms with E-state index >= 15 is 0 Å². The first-order chi connectivity index (χ1) is 14.5. The van der Waals surface area contributed by atoms with Crippen molar-refractivity contribution in [3.8, 4) is 12.0 Å². The zero-order valence-electron chi connectivity index (χ0n) is 17.4. The monoisotopic (exact) mass is 396 g/mol. The number of nitrogens with zero attached hydrogens (tertiary/aromatic N) is 3. The van der Waals surface area contributed by atoms with Crippen LogP contribution in [0.25, 0.3) is 0 Å². The lowest BCUT2D eigenvalue weighted by molar-refractivity contribution is 0.0967. The number of amides is 1. The predicted octanol–water partition coefficient (Wildman–Crippen LogP) is 1.34. The van der Waals surface area contributed by atoms with Crippen LogP contribution in [0.4, 0.5) is 5.69 Å². The summed E-state index contributed by atoms with van der Waals surface area (Å²) in [6.07, 6.45) is 7.73. The number of nitrogens with one attached hydrogen (secondary N) is 1. The molecule has 0 atom stereocenters. The highest BCUT2D eigenvalue weighted by Crippen LogP contribution is 2.18. The van der Waals surface area contributed by atoms with Crippen LogP contribution in [0.5, 0.6) is 0 Å². The Bertz CT molecular complexity index is 1310. The van der Waals surface area contributed by atoms with E-state index in [0.29, 0.717) is 5.56 Å². The number of benzene rings is 2. The first-order valence-corrected chi connectivity index (χ1v) is 10.0. The number of fused-ring (bicyclic) bond motifs is 1. The third-order valence-electron chi connectivity index (χ3n) is 5.15. The summed E-state index contributed by atoms with van der Waals surface area (Å²) in [7, 11) is 4.01. The van der Waals surface area contributed by atoms with Crippen molar-refractivity contribution >= 4 is 17.9 Å². The Morgan fingerprint density at radius 1 is 1.23 bits per heavy atom. The average Bonchev–Trinajstić information content (AvgIpc) is 3.38. The summed E-state index contributed by atoms with van der Waals surface area (Å²) in [5.41, 5.74) is 4.66. The molecule has 0 radical (unpaired) electrons. The second-order valence-electron chi connectivity index (χ2n) is 7.47. The van der Waals surface area contributed by atoms with Gasteiger partial charge in [-0.1, -0.05) is 24.6 Å². The van der Waals surface area contributed by atoms with E-state index in [1.807, 2.05) is 72.1 Å². The van der Waals surface area contributed by atoms with E-state index in [0.717, 1.165) is 40.5 Å². The van der Waals surface area contributed by atoms with Gasteiger partial charge in [-0.2, -0.15) is 0 Å². The number of carbonyl (C=O) groups is 1. The molecule has 0 spiro atoms. The van der Waals surface area contributed by atoms with Crippen molar-refractivity contribution in [1.29, 1.82) is 0 Å². The molecule has 0 saturated carbocycles. The van der Waals surface area contributed by atoms with Gasteiger partial charge >= 0.3 is 17.1 Å². The Kier molecular flexibility index (Phi) is 5.34. The van der Waals surface area contributed by atoms with E-state index in [2.05, 4.69) is 28.9 Å². The molecule has 148 valence electrons. The molecule has 0 fully saturated rings. The van der Waals surface area contributed by atoms with Gasteiger partial charge < -0.3 is 10.2 Å². The summed E-state index contributed by atoms with van der Waals surface area (Å²) in [6.45, 7) is 2.12. The predicted molar refractivity (Wildman–Crippen MR) is 120 cm³/mol. The van der Waals surface area contributed by atoms with Gasteiger partial charge in [-0.05, 0) is 52.4 Å². The highest BCUT2D eigenvalue weighted by molar-refractivity contribution is 5.96. The molecule has 1 N–H and O–H groups in total. The van der Waals surface area contributed by atoms with Crippen molar-refractivity contribution in [3.05, 3.63) is 87.7 Å². The second kappa shape index (κ2) is 8.24. The lowest BCUT2D eigenvalue weighted by Crippen LogP contribution is -2.33. The molecule has 0 saturated heterocycles. The number of anilines is 1. The largest absolute Gasteiger partial charge is 0.537 e. The van der Waals surface area contributed by atoms with Crippen molar-refractivity contribution in [1.82, 2.24) is 14.6 Å². The van der Waals surface area contributed by atoms with Crippen LogP contribution < -0.4 is 30.2 Å². The van der Waals surface area contributed by atoms with Crippen LogP contribution in [0, 0.1) is 12.0 Å². The first kappa shape index (κ1) is 19.4. The standard InChI is InChI=1S/C25H23N4O/c1-4-18-8-9-21(15-18)27-25(30)20-7-5-6-19(14-20)12-13-29-17-26-23-16-22(28(2)3)10-11-24(23)29/h5-7,9-11,14-17H,4,8H2,1-3H3/q+1/p+1. The number of allylic oxidation sites excluding steroid dienone is 3. The lowest BCUT2D eigenvalue weighted by atomic mass is 10.1. The van der Waals surface area contributed by atoms with Crippen molar-refractivity contribution < 1.29 is 4.79 Å². The quantitative estimate of drug-likeness (QED) is 0.482. The molecule has 2 aliphatic rings. The van der Waals surface area contributed by atoms with E-state index in [4.69, 9.17) is 0 Å². The smallest absolute Gasteiger partial charge is 0.377 e. The van der Waals surface area contributed by atoms with Gasteiger partial charge in [0.1, 0.15) is 0 Å². The highest BCUT2D eigenvalue weighted by atomic mass is 16.1. The molecular weight excluding hydrogens is 372 g/mol. The van der Waals surface area contributed by atoms with Gasteiger partial charge in [0, 0.05) is 48.6 Å². The fraction of sp³-hybridized carbons (Fsp3) is 0.200. The van der Waals surface area contributed by atoms with E-state index in [-0.39, 0.29) is 5.91 Å². The fourth-order valence-corrected chi connectivity index (χ4v) is 3.35. The van der Waals surface area contributed by atoms with E-state index in [9.17, 15) is 4.79 Å². The zero-order valence-corrected chi connectivity index (χ0v) is 17.4. The van der Waals surface area contributed by atoms with Crippen molar-refractivity contribution in [2.24, 2.45) is 0 Å². The number of carbonyl (C=O) groups excluding carboxylic acids is 1. The summed E-state index contributed by atoms with van der Waals surface area (Å²) < 4.78 is 6.26. The van der Waals surface area contributed by atoms with E-state index in [1.165, 1.54) is 5.57 Å². The molecule has 2 aromatic carbocycles. The molecule has 30 heavy (non-hydrogen) atoms. The summed E-state index contributed by atoms with van der Waals surface area (Å²) in [5, 5.41) is 4.82. The molecule has 1 aliphatic carbocycles. The van der Waals surface area contributed by atoms with Gasteiger partial charge in [-0.15, -0.1) is 0 Å². The van der Waals surface area contributed by atoms with Crippen LogP contribution in [0.1, 0.15) is 35.7 Å². The van der Waals surface area contributed by atoms with Crippen molar-refractivity contribution in [3.63, 3.8) is 0 Å². The number of rotatable bonds is 4. The van der Waals surface area contributed by atoms with E-state index in [1.54, 1.807) is 12.4 Å². The minimum absolute atomic E-state index is 0.122. The maximum Gasteiger partial charge on any atom is 0.537 e. The molecule has 4 rings (SSSR count). The molecule has 1 aliphatic heterocycles. The summed E-state index contributed by atoms with van der Waals surface area (Å²) in [4.78, 5) is 14.6. The summed E-state index contributed by atoms with van der Waals surface area (Å²) in [6, 6.07) is 16.6. The van der Waals surface area contributed by atoms with Crippen LogP contribution in [-0.2, 0) is 0 Å².